The number of halogens is 1. The van der Waals surface area contributed by atoms with Gasteiger partial charge in [-0.15, -0.1) is 12.4 Å². The first kappa shape index (κ1) is 19.0. The van der Waals surface area contributed by atoms with Crippen LogP contribution in [0.2, 0.25) is 0 Å². The lowest BCUT2D eigenvalue weighted by Crippen LogP contribution is -2.54. The van der Waals surface area contributed by atoms with E-state index in [9.17, 15) is 4.79 Å². The van der Waals surface area contributed by atoms with Gasteiger partial charge in [-0.3, -0.25) is 4.79 Å². The predicted molar refractivity (Wildman–Crippen MR) is 94.6 cm³/mol. The summed E-state index contributed by atoms with van der Waals surface area (Å²) in [4.78, 5) is 15.3. The second kappa shape index (κ2) is 8.17. The Hall–Kier alpha value is -0.320. The minimum Gasteiger partial charge on any atom is -0.377 e. The zero-order valence-corrected chi connectivity index (χ0v) is 15.4. The van der Waals surface area contributed by atoms with Gasteiger partial charge in [-0.2, -0.15) is 0 Å². The molecule has 2 aliphatic carbocycles. The smallest absolute Gasteiger partial charge is 0.226 e. The number of ether oxygens (including phenoxy) is 1. The van der Waals surface area contributed by atoms with E-state index in [-0.39, 0.29) is 24.4 Å². The van der Waals surface area contributed by atoms with Gasteiger partial charge in [0.05, 0.1) is 19.3 Å². The van der Waals surface area contributed by atoms with E-state index in [1.807, 2.05) is 0 Å². The maximum Gasteiger partial charge on any atom is 0.226 e. The van der Waals surface area contributed by atoms with Gasteiger partial charge in [0.2, 0.25) is 5.91 Å². The maximum absolute atomic E-state index is 13.1. The molecule has 0 aromatic carbocycles. The van der Waals surface area contributed by atoms with E-state index in [0.29, 0.717) is 42.9 Å². The average Bonchev–Trinajstić information content (AvgIpc) is 2.46. The number of hydrogen-bond donors (Lipinski definition) is 1. The molecule has 3 unspecified atom stereocenters. The largest absolute Gasteiger partial charge is 0.377 e. The Bertz CT molecular complexity index is 390. The van der Waals surface area contributed by atoms with Crippen molar-refractivity contribution in [3.63, 3.8) is 0 Å². The van der Waals surface area contributed by atoms with Crippen LogP contribution in [0.15, 0.2) is 0 Å². The molecule has 23 heavy (non-hydrogen) atoms. The standard InChI is InChI=1S/C18H32N2O2.ClH/c1-12(2)8-16-11-22-7-6-20(16)18(21)15-9-13-4-3-5-14(10-15)17(13)19;/h12-17H,3-11,19H2,1-2H3;1H. The van der Waals surface area contributed by atoms with Gasteiger partial charge in [-0.05, 0) is 49.9 Å². The highest BCUT2D eigenvalue weighted by molar-refractivity contribution is 5.85. The minimum atomic E-state index is 0. The van der Waals surface area contributed by atoms with Crippen molar-refractivity contribution in [2.45, 2.75) is 64.5 Å². The topological polar surface area (TPSA) is 55.6 Å². The van der Waals surface area contributed by atoms with Crippen LogP contribution in [0.25, 0.3) is 0 Å². The van der Waals surface area contributed by atoms with E-state index >= 15 is 0 Å². The van der Waals surface area contributed by atoms with E-state index in [4.69, 9.17) is 10.5 Å². The Labute approximate surface area is 146 Å². The summed E-state index contributed by atoms with van der Waals surface area (Å²) in [6, 6.07) is 0.616. The normalized spacial score (nSPS) is 37.4. The van der Waals surface area contributed by atoms with Gasteiger partial charge in [0.15, 0.2) is 0 Å². The monoisotopic (exact) mass is 344 g/mol. The molecule has 0 aromatic heterocycles. The molecule has 0 radical (unpaired) electrons. The first-order valence-electron chi connectivity index (χ1n) is 9.20. The van der Waals surface area contributed by atoms with Gasteiger partial charge in [0.25, 0.3) is 0 Å². The number of fused-ring (bicyclic) bond motifs is 2. The van der Waals surface area contributed by atoms with Crippen LogP contribution in [0.1, 0.15) is 52.4 Å². The number of carbonyl (C=O) groups excluding carboxylic acids is 1. The molecule has 0 spiro atoms. The fourth-order valence-electron chi connectivity index (χ4n) is 4.91. The Morgan fingerprint density at radius 3 is 2.52 bits per heavy atom. The Morgan fingerprint density at radius 2 is 1.91 bits per heavy atom. The molecule has 3 rings (SSSR count). The van der Waals surface area contributed by atoms with Crippen LogP contribution in [-0.2, 0) is 9.53 Å². The number of rotatable bonds is 3. The van der Waals surface area contributed by atoms with Crippen LogP contribution in [-0.4, -0.2) is 42.6 Å². The van der Waals surface area contributed by atoms with Crippen LogP contribution in [0.4, 0.5) is 0 Å². The highest BCUT2D eigenvalue weighted by atomic mass is 35.5. The molecule has 1 aliphatic heterocycles. The van der Waals surface area contributed by atoms with Crippen LogP contribution < -0.4 is 5.73 Å². The third-order valence-electron chi connectivity index (χ3n) is 6.02. The number of morpholine rings is 1. The zero-order valence-electron chi connectivity index (χ0n) is 14.6. The second-order valence-corrected chi connectivity index (χ2v) is 8.09. The van der Waals surface area contributed by atoms with Gasteiger partial charge in [0, 0.05) is 18.5 Å². The molecule has 3 fully saturated rings. The van der Waals surface area contributed by atoms with Gasteiger partial charge in [0.1, 0.15) is 0 Å². The third kappa shape index (κ3) is 4.21. The molecule has 2 N–H and O–H groups in total. The average molecular weight is 345 g/mol. The SMILES string of the molecule is CC(C)CC1COCCN1C(=O)C1CC2CCCC(C1)C2N.Cl. The number of nitrogens with two attached hydrogens (primary N) is 1. The number of hydrogen-bond acceptors (Lipinski definition) is 3. The van der Waals surface area contributed by atoms with Gasteiger partial charge in [-0.25, -0.2) is 0 Å². The fraction of sp³-hybridized carbons (Fsp3) is 0.944. The summed E-state index contributed by atoms with van der Waals surface area (Å²) in [5.41, 5.74) is 6.37. The molecule has 1 heterocycles. The zero-order chi connectivity index (χ0) is 15.7. The molecule has 134 valence electrons. The van der Waals surface area contributed by atoms with Crippen molar-refractivity contribution in [2.75, 3.05) is 19.8 Å². The molecule has 1 amide bonds. The van der Waals surface area contributed by atoms with Crippen molar-refractivity contribution in [2.24, 2.45) is 29.4 Å². The van der Waals surface area contributed by atoms with Crippen molar-refractivity contribution < 1.29 is 9.53 Å². The number of nitrogens with zero attached hydrogens (tertiary/aromatic N) is 1. The molecule has 4 nitrogen and oxygen atoms in total. The lowest BCUT2D eigenvalue weighted by atomic mass is 9.65. The van der Waals surface area contributed by atoms with Crippen LogP contribution in [0.3, 0.4) is 0 Å². The quantitative estimate of drug-likeness (QED) is 0.856. The predicted octanol–water partition coefficient (Wildman–Crippen LogP) is 2.84. The first-order chi connectivity index (χ1) is 10.6. The van der Waals surface area contributed by atoms with Crippen molar-refractivity contribution in [3.05, 3.63) is 0 Å². The Kier molecular flexibility index (Phi) is 6.76. The summed E-state index contributed by atoms with van der Waals surface area (Å²) in [5.74, 6) is 2.35. The van der Waals surface area contributed by atoms with Gasteiger partial charge < -0.3 is 15.4 Å². The molecule has 2 bridgehead atoms. The first-order valence-corrected chi connectivity index (χ1v) is 9.20. The highest BCUT2D eigenvalue weighted by Crippen LogP contribution is 2.42. The van der Waals surface area contributed by atoms with Crippen molar-refractivity contribution in [1.29, 1.82) is 0 Å². The third-order valence-corrected chi connectivity index (χ3v) is 6.02. The summed E-state index contributed by atoms with van der Waals surface area (Å²) < 4.78 is 5.63. The van der Waals surface area contributed by atoms with Gasteiger partial charge in [-0.1, -0.05) is 20.3 Å². The van der Waals surface area contributed by atoms with E-state index in [0.717, 1.165) is 25.8 Å². The van der Waals surface area contributed by atoms with E-state index in [1.54, 1.807) is 0 Å². The Balaban J connectivity index is 0.00000192. The molecule has 1 saturated heterocycles. The van der Waals surface area contributed by atoms with E-state index in [2.05, 4.69) is 18.7 Å². The molecule has 5 heteroatoms. The summed E-state index contributed by atoms with van der Waals surface area (Å²) in [5, 5.41) is 0. The molecule has 3 atom stereocenters. The van der Waals surface area contributed by atoms with E-state index < -0.39 is 0 Å². The molecule has 2 saturated carbocycles. The molecular formula is C18H33ClN2O2. The maximum atomic E-state index is 13.1. The number of amides is 1. The van der Waals surface area contributed by atoms with Crippen LogP contribution in [0.5, 0.6) is 0 Å². The second-order valence-electron chi connectivity index (χ2n) is 8.09. The van der Waals surface area contributed by atoms with Crippen molar-refractivity contribution >= 4 is 18.3 Å². The molecular weight excluding hydrogens is 312 g/mol. The van der Waals surface area contributed by atoms with Crippen LogP contribution in [0, 0.1) is 23.7 Å². The highest BCUT2D eigenvalue weighted by Gasteiger charge is 2.42. The lowest BCUT2D eigenvalue weighted by Gasteiger charge is -2.46. The summed E-state index contributed by atoms with van der Waals surface area (Å²) in [6.45, 7) is 6.62. The van der Waals surface area contributed by atoms with Gasteiger partial charge >= 0.3 is 0 Å². The van der Waals surface area contributed by atoms with Crippen molar-refractivity contribution in [1.82, 2.24) is 4.90 Å². The Morgan fingerprint density at radius 1 is 1.26 bits per heavy atom. The molecule has 0 aromatic rings. The summed E-state index contributed by atoms with van der Waals surface area (Å²) in [7, 11) is 0. The molecule has 3 aliphatic rings. The fourth-order valence-corrected chi connectivity index (χ4v) is 4.91. The van der Waals surface area contributed by atoms with E-state index in [1.165, 1.54) is 19.3 Å². The lowest BCUT2D eigenvalue weighted by molar-refractivity contribution is -0.148. The van der Waals surface area contributed by atoms with Crippen LogP contribution >= 0.6 is 12.4 Å². The summed E-state index contributed by atoms with van der Waals surface area (Å²) >= 11 is 0. The van der Waals surface area contributed by atoms with Crippen molar-refractivity contribution in [3.8, 4) is 0 Å². The minimum absolute atomic E-state index is 0. The summed E-state index contributed by atoms with van der Waals surface area (Å²) in [6.07, 6.45) is 6.83. The number of carbonyl (C=O) groups is 1.